The quantitative estimate of drug-likeness (QED) is 0.297. The molecule has 3 nitrogen and oxygen atoms in total. The van der Waals surface area contributed by atoms with Crippen LogP contribution in [0.5, 0.6) is 0 Å². The number of esters is 1. The van der Waals surface area contributed by atoms with Crippen molar-refractivity contribution in [3.8, 4) is 0 Å². The molecule has 0 rings (SSSR count). The number of carbonyl (C=O) groups is 1. The van der Waals surface area contributed by atoms with E-state index >= 15 is 0 Å². The fourth-order valence-corrected chi connectivity index (χ4v) is 2.23. The minimum Gasteiger partial charge on any atom is -0.466 e. The van der Waals surface area contributed by atoms with Crippen LogP contribution in [0.2, 0.25) is 0 Å². The third-order valence-electron chi connectivity index (χ3n) is 3.77. The van der Waals surface area contributed by atoms with Crippen molar-refractivity contribution < 1.29 is 9.53 Å². The third-order valence-corrected chi connectivity index (χ3v) is 3.77. The molecule has 23 heavy (non-hydrogen) atoms. The Morgan fingerprint density at radius 3 is 1.48 bits per heavy atom. The second-order valence-corrected chi connectivity index (χ2v) is 6.16. The van der Waals surface area contributed by atoms with Crippen LogP contribution in [0, 0.1) is 0 Å². The lowest BCUT2D eigenvalue weighted by atomic mass is 10.2. The lowest BCUT2D eigenvalue weighted by molar-refractivity contribution is -0.143. The van der Waals surface area contributed by atoms with Crippen LogP contribution in [0.3, 0.4) is 0 Å². The Bertz CT molecular complexity index is 213. The first-order chi connectivity index (χ1) is 11.2. The highest BCUT2D eigenvalue weighted by Gasteiger charge is 2.02. The minimum atomic E-state index is -0.0593. The lowest BCUT2D eigenvalue weighted by Gasteiger charge is -2.21. The van der Waals surface area contributed by atoms with E-state index in [1.54, 1.807) is 0 Å². The fraction of sp³-hybridized carbons (Fsp3) is 0.950. The zero-order chi connectivity index (χ0) is 17.8. The summed E-state index contributed by atoms with van der Waals surface area (Å²) in [5.74, 6) is -0.0593. The van der Waals surface area contributed by atoms with E-state index < -0.39 is 0 Å². The van der Waals surface area contributed by atoms with Gasteiger partial charge < -0.3 is 9.64 Å². The van der Waals surface area contributed by atoms with Crippen molar-refractivity contribution in [3.05, 3.63) is 0 Å². The molecule has 0 aromatic heterocycles. The summed E-state index contributed by atoms with van der Waals surface area (Å²) >= 11 is 0. The predicted molar refractivity (Wildman–Crippen MR) is 102 cm³/mol. The van der Waals surface area contributed by atoms with E-state index in [4.69, 9.17) is 4.74 Å². The molecule has 3 heteroatoms. The maximum atomic E-state index is 10.7. The van der Waals surface area contributed by atoms with Gasteiger partial charge in [-0.25, -0.2) is 0 Å². The van der Waals surface area contributed by atoms with E-state index in [2.05, 4.69) is 32.6 Å². The van der Waals surface area contributed by atoms with Crippen LogP contribution in [-0.4, -0.2) is 37.1 Å². The molecule has 0 bridgehead atoms. The highest BCUT2D eigenvalue weighted by molar-refractivity contribution is 5.69. The van der Waals surface area contributed by atoms with E-state index in [9.17, 15) is 4.79 Å². The van der Waals surface area contributed by atoms with Crippen LogP contribution < -0.4 is 0 Å². The normalized spacial score (nSPS) is 10.3. The first-order valence-electron chi connectivity index (χ1n) is 10.0. The van der Waals surface area contributed by atoms with E-state index in [-0.39, 0.29) is 5.97 Å². The van der Waals surface area contributed by atoms with Gasteiger partial charge in [-0.15, -0.1) is 0 Å². The number of rotatable bonds is 14. The highest BCUT2D eigenvalue weighted by Crippen LogP contribution is 2.01. The maximum absolute atomic E-state index is 10.7. The van der Waals surface area contributed by atoms with E-state index in [1.807, 2.05) is 6.92 Å². The molecule has 0 radical (unpaired) electrons. The number of ether oxygens (including phenoxy) is 1. The van der Waals surface area contributed by atoms with Crippen molar-refractivity contribution in [3.63, 3.8) is 0 Å². The molecule has 140 valence electrons. The topological polar surface area (TPSA) is 29.5 Å². The van der Waals surface area contributed by atoms with Crippen molar-refractivity contribution in [2.75, 3.05) is 26.2 Å². The van der Waals surface area contributed by atoms with Crippen LogP contribution in [0.4, 0.5) is 0 Å². The van der Waals surface area contributed by atoms with Crippen molar-refractivity contribution in [2.24, 2.45) is 0 Å². The summed E-state index contributed by atoms with van der Waals surface area (Å²) in [5, 5.41) is 0. The van der Waals surface area contributed by atoms with Crippen molar-refractivity contribution in [1.82, 2.24) is 4.90 Å². The maximum Gasteiger partial charge on any atom is 0.305 e. The number of carbonyl (C=O) groups excluding carboxylic acids is 1. The lowest BCUT2D eigenvalue weighted by Crippen LogP contribution is -2.27. The summed E-state index contributed by atoms with van der Waals surface area (Å²) in [4.78, 5) is 13.3. The van der Waals surface area contributed by atoms with Gasteiger partial charge in [0.15, 0.2) is 0 Å². The zero-order valence-electron chi connectivity index (χ0n) is 16.7. The molecule has 0 N–H and O–H groups in total. The monoisotopic (exact) mass is 329 g/mol. The average molecular weight is 330 g/mol. The van der Waals surface area contributed by atoms with Crippen LogP contribution in [0.15, 0.2) is 0 Å². The second kappa shape index (κ2) is 21.4. The Kier molecular flexibility index (Phi) is 23.0. The van der Waals surface area contributed by atoms with Crippen molar-refractivity contribution in [2.45, 2.75) is 98.8 Å². The van der Waals surface area contributed by atoms with E-state index in [0.29, 0.717) is 13.0 Å². The molecular formula is C20H43NO2. The largest absolute Gasteiger partial charge is 0.466 e. The van der Waals surface area contributed by atoms with Gasteiger partial charge in [-0.1, -0.05) is 59.8 Å². The Morgan fingerprint density at radius 2 is 1.13 bits per heavy atom. The molecular weight excluding hydrogens is 286 g/mol. The number of hydrogen-bond acceptors (Lipinski definition) is 3. The smallest absolute Gasteiger partial charge is 0.305 e. The fourth-order valence-electron chi connectivity index (χ4n) is 2.23. The van der Waals surface area contributed by atoms with Gasteiger partial charge >= 0.3 is 5.97 Å². The van der Waals surface area contributed by atoms with Gasteiger partial charge in [-0.2, -0.15) is 0 Å². The molecule has 0 aromatic carbocycles. The zero-order valence-corrected chi connectivity index (χ0v) is 16.7. The molecule has 0 atom stereocenters. The van der Waals surface area contributed by atoms with Gasteiger partial charge in [-0.05, 0) is 52.2 Å². The summed E-state index contributed by atoms with van der Waals surface area (Å²) in [7, 11) is 0. The van der Waals surface area contributed by atoms with Gasteiger partial charge in [0.05, 0.1) is 6.61 Å². The molecule has 0 saturated carbocycles. The van der Waals surface area contributed by atoms with Crippen LogP contribution in [-0.2, 0) is 9.53 Å². The van der Waals surface area contributed by atoms with Crippen LogP contribution >= 0.6 is 0 Å². The molecule has 0 fully saturated rings. The molecule has 0 saturated heterocycles. The third kappa shape index (κ3) is 21.4. The first kappa shape index (κ1) is 24.7. The van der Waals surface area contributed by atoms with E-state index in [0.717, 1.165) is 19.3 Å². The van der Waals surface area contributed by atoms with Crippen LogP contribution in [0.25, 0.3) is 0 Å². The van der Waals surface area contributed by atoms with E-state index in [1.165, 1.54) is 58.2 Å². The molecule has 0 spiro atoms. The Balaban J connectivity index is 0. The molecule has 0 aliphatic rings. The summed E-state index contributed by atoms with van der Waals surface area (Å²) in [6.07, 6.45) is 11.9. The van der Waals surface area contributed by atoms with Gasteiger partial charge in [0, 0.05) is 6.42 Å². The SMILES string of the molecule is CCCCCC(=O)OCC.CCCCN(CCCC)CCCC. The Labute approximate surface area is 146 Å². The summed E-state index contributed by atoms with van der Waals surface area (Å²) in [6, 6.07) is 0. The van der Waals surface area contributed by atoms with Gasteiger partial charge in [0.25, 0.3) is 0 Å². The highest BCUT2D eigenvalue weighted by atomic mass is 16.5. The van der Waals surface area contributed by atoms with Gasteiger partial charge in [-0.3, -0.25) is 4.79 Å². The molecule has 0 aliphatic heterocycles. The molecule has 0 heterocycles. The van der Waals surface area contributed by atoms with Gasteiger partial charge in [0.1, 0.15) is 0 Å². The molecule has 0 amide bonds. The second-order valence-electron chi connectivity index (χ2n) is 6.16. The predicted octanol–water partition coefficient (Wildman–Crippen LogP) is 5.82. The Morgan fingerprint density at radius 1 is 0.696 bits per heavy atom. The standard InChI is InChI=1S/C12H27N.C8H16O2/c1-4-7-10-13(11-8-5-2)12-9-6-3;1-3-5-6-7-8(9)10-4-2/h4-12H2,1-3H3;3-7H2,1-2H3. The summed E-state index contributed by atoms with van der Waals surface area (Å²) in [5.41, 5.74) is 0. The summed E-state index contributed by atoms with van der Waals surface area (Å²) < 4.78 is 4.75. The van der Waals surface area contributed by atoms with Crippen molar-refractivity contribution in [1.29, 1.82) is 0 Å². The van der Waals surface area contributed by atoms with Crippen molar-refractivity contribution >= 4 is 5.97 Å². The average Bonchev–Trinajstić information content (AvgIpc) is 2.55. The number of hydrogen-bond donors (Lipinski definition) is 0. The van der Waals surface area contributed by atoms with Crippen LogP contribution in [0.1, 0.15) is 98.8 Å². The molecule has 0 aromatic rings. The molecule has 0 unspecified atom stereocenters. The molecule has 0 aliphatic carbocycles. The van der Waals surface area contributed by atoms with Gasteiger partial charge in [0.2, 0.25) is 0 Å². The number of nitrogens with zero attached hydrogens (tertiary/aromatic N) is 1. The number of unbranched alkanes of at least 4 members (excludes halogenated alkanes) is 5. The summed E-state index contributed by atoms with van der Waals surface area (Å²) in [6.45, 7) is 15.2. The minimum absolute atomic E-state index is 0.0593. The first-order valence-corrected chi connectivity index (χ1v) is 10.0. The Hall–Kier alpha value is -0.570.